The summed E-state index contributed by atoms with van der Waals surface area (Å²) in [6.07, 6.45) is 3.00. The standard InChI is InChI=1S/C20H31BrN4O.HI/c1-4-22-20(23-11-6-8-16-7-5-9-17(21)13-16)24-18-10-12-25(14-18)19(26)15(2)3;/h5,7,9,13,15,18H,4,6,8,10-12,14H2,1-3H3,(H2,22,23,24);1H. The first kappa shape index (κ1) is 24.2. The summed E-state index contributed by atoms with van der Waals surface area (Å²) in [5.41, 5.74) is 1.33. The zero-order chi connectivity index (χ0) is 18.9. The van der Waals surface area contributed by atoms with E-state index in [-0.39, 0.29) is 41.8 Å². The third kappa shape index (κ3) is 8.37. The Hall–Kier alpha value is -0.830. The molecular formula is C20H32BrIN4O. The van der Waals surface area contributed by atoms with E-state index in [0.29, 0.717) is 0 Å². The van der Waals surface area contributed by atoms with Crippen molar-refractivity contribution >= 4 is 51.8 Å². The first-order valence-corrected chi connectivity index (χ1v) is 10.4. The van der Waals surface area contributed by atoms with E-state index in [2.05, 4.69) is 51.7 Å². The Balaban J connectivity index is 0.00000364. The maximum absolute atomic E-state index is 12.1. The fourth-order valence-corrected chi connectivity index (χ4v) is 3.57. The summed E-state index contributed by atoms with van der Waals surface area (Å²) in [4.78, 5) is 18.8. The number of nitrogens with zero attached hydrogens (tertiary/aromatic N) is 2. The van der Waals surface area contributed by atoms with Gasteiger partial charge in [0.05, 0.1) is 0 Å². The highest BCUT2D eigenvalue weighted by atomic mass is 127. The molecule has 1 aliphatic rings. The minimum Gasteiger partial charge on any atom is -0.357 e. The van der Waals surface area contributed by atoms with Gasteiger partial charge in [0.15, 0.2) is 5.96 Å². The largest absolute Gasteiger partial charge is 0.357 e. The van der Waals surface area contributed by atoms with Gasteiger partial charge in [0, 0.05) is 42.6 Å². The fourth-order valence-electron chi connectivity index (χ4n) is 3.12. The second-order valence-electron chi connectivity index (χ2n) is 7.06. The molecule has 1 atom stereocenters. The van der Waals surface area contributed by atoms with Crippen molar-refractivity contribution in [3.8, 4) is 0 Å². The third-order valence-electron chi connectivity index (χ3n) is 4.46. The van der Waals surface area contributed by atoms with Crippen molar-refractivity contribution in [1.82, 2.24) is 15.5 Å². The van der Waals surface area contributed by atoms with Crippen LogP contribution in [0.2, 0.25) is 0 Å². The summed E-state index contributed by atoms with van der Waals surface area (Å²) in [5.74, 6) is 1.16. The molecule has 0 radical (unpaired) electrons. The van der Waals surface area contributed by atoms with Gasteiger partial charge in [-0.2, -0.15) is 0 Å². The van der Waals surface area contributed by atoms with Crippen molar-refractivity contribution in [3.63, 3.8) is 0 Å². The van der Waals surface area contributed by atoms with Crippen molar-refractivity contribution in [2.45, 2.75) is 46.1 Å². The summed E-state index contributed by atoms with van der Waals surface area (Å²) >= 11 is 3.51. The van der Waals surface area contributed by atoms with E-state index < -0.39 is 0 Å². The lowest BCUT2D eigenvalue weighted by Crippen LogP contribution is -2.45. The van der Waals surface area contributed by atoms with Crippen LogP contribution in [0.1, 0.15) is 39.2 Å². The molecule has 1 aliphatic heterocycles. The minimum atomic E-state index is 0. The van der Waals surface area contributed by atoms with Crippen molar-refractivity contribution < 1.29 is 4.79 Å². The Kier molecular flexibility index (Phi) is 11.3. The van der Waals surface area contributed by atoms with Gasteiger partial charge in [-0.1, -0.05) is 41.9 Å². The van der Waals surface area contributed by atoms with Crippen molar-refractivity contribution in [3.05, 3.63) is 34.3 Å². The summed E-state index contributed by atoms with van der Waals surface area (Å²) in [6.45, 7) is 9.19. The summed E-state index contributed by atoms with van der Waals surface area (Å²) in [6, 6.07) is 8.70. The van der Waals surface area contributed by atoms with Gasteiger partial charge in [0.1, 0.15) is 0 Å². The topological polar surface area (TPSA) is 56.7 Å². The van der Waals surface area contributed by atoms with Crippen molar-refractivity contribution in [2.24, 2.45) is 10.9 Å². The zero-order valence-corrected chi connectivity index (χ0v) is 20.4. The van der Waals surface area contributed by atoms with Crippen LogP contribution < -0.4 is 10.6 Å². The van der Waals surface area contributed by atoms with Gasteiger partial charge in [-0.3, -0.25) is 9.79 Å². The van der Waals surface area contributed by atoms with Crippen LogP contribution in [0.15, 0.2) is 33.7 Å². The van der Waals surface area contributed by atoms with E-state index >= 15 is 0 Å². The summed E-state index contributed by atoms with van der Waals surface area (Å²) < 4.78 is 1.12. The second-order valence-corrected chi connectivity index (χ2v) is 7.98. The Bertz CT molecular complexity index is 624. The van der Waals surface area contributed by atoms with Crippen molar-refractivity contribution in [2.75, 3.05) is 26.2 Å². The number of carbonyl (C=O) groups excluding carboxylic acids is 1. The highest BCUT2D eigenvalue weighted by Gasteiger charge is 2.27. The number of aliphatic imine (C=N–C) groups is 1. The Morgan fingerprint density at radius 2 is 2.19 bits per heavy atom. The average molecular weight is 551 g/mol. The molecule has 0 saturated carbocycles. The molecule has 1 saturated heterocycles. The second kappa shape index (κ2) is 12.6. The SMILES string of the molecule is CCNC(=NCCCc1cccc(Br)c1)NC1CCN(C(=O)C(C)C)C1.I. The van der Waals surface area contributed by atoms with E-state index in [1.807, 2.05) is 24.8 Å². The van der Waals surface area contributed by atoms with Crippen LogP contribution in [0.4, 0.5) is 0 Å². The number of rotatable bonds is 7. The molecule has 5 nitrogen and oxygen atoms in total. The molecule has 0 aromatic heterocycles. The molecule has 1 aromatic rings. The predicted octanol–water partition coefficient (Wildman–Crippen LogP) is 3.81. The van der Waals surface area contributed by atoms with E-state index in [9.17, 15) is 4.79 Å². The maximum atomic E-state index is 12.1. The summed E-state index contributed by atoms with van der Waals surface area (Å²) in [5, 5.41) is 6.80. The van der Waals surface area contributed by atoms with Gasteiger partial charge in [-0.15, -0.1) is 24.0 Å². The molecule has 1 aromatic carbocycles. The molecule has 0 aliphatic carbocycles. The number of hydrogen-bond donors (Lipinski definition) is 2. The number of benzene rings is 1. The van der Waals surface area contributed by atoms with E-state index in [1.54, 1.807) is 0 Å². The molecular weight excluding hydrogens is 519 g/mol. The van der Waals surface area contributed by atoms with Crippen LogP contribution in [0.25, 0.3) is 0 Å². The molecule has 27 heavy (non-hydrogen) atoms. The molecule has 2 rings (SSSR count). The summed E-state index contributed by atoms with van der Waals surface area (Å²) in [7, 11) is 0. The number of hydrogen-bond acceptors (Lipinski definition) is 2. The lowest BCUT2D eigenvalue weighted by Gasteiger charge is -2.20. The Morgan fingerprint density at radius 1 is 1.41 bits per heavy atom. The number of amides is 1. The highest BCUT2D eigenvalue weighted by Crippen LogP contribution is 2.14. The molecule has 0 bridgehead atoms. The van der Waals surface area contributed by atoms with E-state index in [4.69, 9.17) is 4.99 Å². The molecule has 1 heterocycles. The third-order valence-corrected chi connectivity index (χ3v) is 4.95. The molecule has 1 fully saturated rings. The minimum absolute atomic E-state index is 0. The highest BCUT2D eigenvalue weighted by molar-refractivity contribution is 14.0. The number of guanidine groups is 1. The molecule has 7 heteroatoms. The molecule has 152 valence electrons. The average Bonchev–Trinajstić information content (AvgIpc) is 3.06. The van der Waals surface area contributed by atoms with E-state index in [1.165, 1.54) is 5.56 Å². The molecule has 1 amide bonds. The quantitative estimate of drug-likeness (QED) is 0.235. The van der Waals surface area contributed by atoms with Crippen LogP contribution in [-0.2, 0) is 11.2 Å². The van der Waals surface area contributed by atoms with E-state index in [0.717, 1.165) is 55.9 Å². The van der Waals surface area contributed by atoms with Gasteiger partial charge in [0.2, 0.25) is 5.91 Å². The number of likely N-dealkylation sites (tertiary alicyclic amines) is 1. The van der Waals surface area contributed by atoms with Crippen LogP contribution in [0.3, 0.4) is 0 Å². The monoisotopic (exact) mass is 550 g/mol. The zero-order valence-electron chi connectivity index (χ0n) is 16.5. The Labute approximate surface area is 188 Å². The number of aryl methyl sites for hydroxylation is 1. The fraction of sp³-hybridized carbons (Fsp3) is 0.600. The first-order chi connectivity index (χ1) is 12.5. The van der Waals surface area contributed by atoms with Gasteiger partial charge < -0.3 is 15.5 Å². The molecule has 0 spiro atoms. The van der Waals surface area contributed by atoms with Gasteiger partial charge >= 0.3 is 0 Å². The molecule has 1 unspecified atom stereocenters. The predicted molar refractivity (Wildman–Crippen MR) is 127 cm³/mol. The normalized spacial score (nSPS) is 17.0. The van der Waals surface area contributed by atoms with Crippen LogP contribution in [0, 0.1) is 5.92 Å². The van der Waals surface area contributed by atoms with Gasteiger partial charge in [-0.05, 0) is 43.9 Å². The van der Waals surface area contributed by atoms with Crippen LogP contribution in [0.5, 0.6) is 0 Å². The number of nitrogens with one attached hydrogen (secondary N) is 2. The van der Waals surface area contributed by atoms with Crippen molar-refractivity contribution in [1.29, 1.82) is 0 Å². The Morgan fingerprint density at radius 3 is 2.85 bits per heavy atom. The number of carbonyl (C=O) groups is 1. The number of halogens is 2. The molecule has 2 N–H and O–H groups in total. The smallest absolute Gasteiger partial charge is 0.225 e. The van der Waals surface area contributed by atoms with Crippen LogP contribution >= 0.6 is 39.9 Å². The van der Waals surface area contributed by atoms with Crippen LogP contribution in [-0.4, -0.2) is 49.0 Å². The van der Waals surface area contributed by atoms with Gasteiger partial charge in [0.25, 0.3) is 0 Å². The first-order valence-electron chi connectivity index (χ1n) is 9.57. The lowest BCUT2D eigenvalue weighted by atomic mass is 10.1. The van der Waals surface area contributed by atoms with Gasteiger partial charge in [-0.25, -0.2) is 0 Å². The maximum Gasteiger partial charge on any atom is 0.225 e. The lowest BCUT2D eigenvalue weighted by molar-refractivity contribution is -0.133.